The van der Waals surface area contributed by atoms with Crippen LogP contribution in [0, 0.1) is 0 Å². The van der Waals surface area contributed by atoms with Gasteiger partial charge in [0.2, 0.25) is 0 Å². The number of carbonyl (C=O) groups is 2. The van der Waals surface area contributed by atoms with Gasteiger partial charge in [-0.2, -0.15) is 13.2 Å². The van der Waals surface area contributed by atoms with E-state index in [1.807, 2.05) is 56.9 Å². The fourth-order valence-electron chi connectivity index (χ4n) is 5.63. The van der Waals surface area contributed by atoms with Crippen LogP contribution in [0.4, 0.5) is 18.0 Å². The molecule has 0 N–H and O–H groups in total. The first-order chi connectivity index (χ1) is 18.8. The second-order valence-electron chi connectivity index (χ2n) is 11.7. The van der Waals surface area contributed by atoms with Crippen molar-refractivity contribution in [1.29, 1.82) is 0 Å². The topological polar surface area (TPSA) is 59.1 Å². The van der Waals surface area contributed by atoms with Gasteiger partial charge in [0, 0.05) is 38.3 Å². The molecule has 0 aliphatic carbocycles. The van der Waals surface area contributed by atoms with E-state index in [-0.39, 0.29) is 17.9 Å². The van der Waals surface area contributed by atoms with E-state index in [0.717, 1.165) is 23.3 Å². The molecular weight excluding hydrogens is 521 g/mol. The van der Waals surface area contributed by atoms with Crippen molar-refractivity contribution in [3.05, 3.63) is 70.8 Å². The van der Waals surface area contributed by atoms with E-state index < -0.39 is 22.9 Å². The summed E-state index contributed by atoms with van der Waals surface area (Å²) in [6, 6.07) is 12.9. The summed E-state index contributed by atoms with van der Waals surface area (Å²) in [7, 11) is 0. The number of ether oxygens (including phenoxy) is 2. The number of benzene rings is 2. The molecule has 0 bridgehead atoms. The summed E-state index contributed by atoms with van der Waals surface area (Å²) in [6.07, 6.45) is -1.99. The molecule has 2 aromatic carbocycles. The van der Waals surface area contributed by atoms with Crippen molar-refractivity contribution >= 4 is 12.0 Å². The number of rotatable bonds is 5. The van der Waals surface area contributed by atoms with Crippen LogP contribution in [0.2, 0.25) is 0 Å². The van der Waals surface area contributed by atoms with Crippen LogP contribution in [-0.4, -0.2) is 60.2 Å². The molecule has 0 spiro atoms. The Balaban J connectivity index is 1.36. The van der Waals surface area contributed by atoms with Crippen LogP contribution in [0.1, 0.15) is 86.3 Å². The molecule has 0 aromatic heterocycles. The summed E-state index contributed by atoms with van der Waals surface area (Å²) < 4.78 is 50.4. The van der Waals surface area contributed by atoms with Gasteiger partial charge in [0.1, 0.15) is 5.60 Å². The Labute approximate surface area is 234 Å². The molecular formula is C31H39F3N2O4. The molecule has 2 aromatic rings. The maximum atomic E-state index is 13.2. The highest BCUT2D eigenvalue weighted by Gasteiger charge is 2.39. The van der Waals surface area contributed by atoms with Crippen LogP contribution in [0.3, 0.4) is 0 Å². The van der Waals surface area contributed by atoms with E-state index in [1.165, 1.54) is 0 Å². The van der Waals surface area contributed by atoms with Crippen molar-refractivity contribution in [1.82, 2.24) is 9.80 Å². The maximum Gasteiger partial charge on any atom is 0.416 e. The molecule has 2 amide bonds. The SMILES string of the molecule is CCOC1(c2ccc(C(=O)N3CCC(c4ccc(C(F)(F)F)cc4)CC3)cc2)CCN(C(=O)OC(C)(C)C)CC1. The number of nitrogens with zero attached hydrogens (tertiary/aromatic N) is 2. The Morgan fingerprint density at radius 3 is 1.95 bits per heavy atom. The quantitative estimate of drug-likeness (QED) is 0.396. The molecule has 6 nitrogen and oxygen atoms in total. The number of carbonyl (C=O) groups excluding carboxylic acids is 2. The van der Waals surface area contributed by atoms with Crippen LogP contribution >= 0.6 is 0 Å². The number of amides is 2. The minimum absolute atomic E-state index is 0.0531. The van der Waals surface area contributed by atoms with Gasteiger partial charge in [0.05, 0.1) is 11.2 Å². The number of hydrogen-bond acceptors (Lipinski definition) is 4. The normalized spacial score (nSPS) is 18.5. The molecule has 2 aliphatic rings. The Bertz CT molecular complexity index is 1160. The van der Waals surface area contributed by atoms with Crippen molar-refractivity contribution in [3.8, 4) is 0 Å². The lowest BCUT2D eigenvalue weighted by atomic mass is 9.83. The van der Waals surface area contributed by atoms with Crippen molar-refractivity contribution in [3.63, 3.8) is 0 Å². The highest BCUT2D eigenvalue weighted by atomic mass is 19.4. The third-order valence-corrected chi connectivity index (χ3v) is 7.79. The summed E-state index contributed by atoms with van der Waals surface area (Å²) in [4.78, 5) is 29.3. The second-order valence-corrected chi connectivity index (χ2v) is 11.7. The van der Waals surface area contributed by atoms with E-state index >= 15 is 0 Å². The number of likely N-dealkylation sites (tertiary alicyclic amines) is 2. The van der Waals surface area contributed by atoms with Gasteiger partial charge in [-0.15, -0.1) is 0 Å². The first kappa shape index (κ1) is 29.9. The molecule has 2 fully saturated rings. The van der Waals surface area contributed by atoms with Crippen LogP contribution in [0.5, 0.6) is 0 Å². The van der Waals surface area contributed by atoms with Crippen molar-refractivity contribution in [2.75, 3.05) is 32.8 Å². The molecule has 4 rings (SSSR count). The van der Waals surface area contributed by atoms with E-state index in [0.29, 0.717) is 64.0 Å². The number of piperidine rings is 2. The lowest BCUT2D eigenvalue weighted by molar-refractivity contribution is -0.137. The minimum atomic E-state index is -4.34. The van der Waals surface area contributed by atoms with Crippen molar-refractivity contribution in [2.24, 2.45) is 0 Å². The molecule has 9 heteroatoms. The first-order valence-corrected chi connectivity index (χ1v) is 14.0. The Hall–Kier alpha value is -3.07. The third kappa shape index (κ3) is 6.97. The standard InChI is InChI=1S/C31H39F3N2O4/c1-5-39-30(16-20-36(21-17-30)28(38)40-29(2,3)4)25-10-8-24(9-11-25)27(37)35-18-14-23(15-19-35)22-6-12-26(13-7-22)31(32,33)34/h6-13,23H,5,14-21H2,1-4H3. The summed E-state index contributed by atoms with van der Waals surface area (Å²) in [5.41, 5.74) is 0.723. The van der Waals surface area contributed by atoms with E-state index in [4.69, 9.17) is 9.47 Å². The van der Waals surface area contributed by atoms with Gasteiger partial charge in [-0.1, -0.05) is 24.3 Å². The molecule has 218 valence electrons. The summed E-state index contributed by atoms with van der Waals surface area (Å²) >= 11 is 0. The number of hydrogen-bond donors (Lipinski definition) is 0. The molecule has 0 atom stereocenters. The van der Waals surface area contributed by atoms with Crippen LogP contribution in [0.15, 0.2) is 48.5 Å². The van der Waals surface area contributed by atoms with Crippen molar-refractivity contribution in [2.45, 2.75) is 76.7 Å². The average Bonchev–Trinajstić information content (AvgIpc) is 2.92. The third-order valence-electron chi connectivity index (χ3n) is 7.79. The van der Waals surface area contributed by atoms with Gasteiger partial charge in [0.15, 0.2) is 0 Å². The molecule has 0 unspecified atom stereocenters. The summed E-state index contributed by atoms with van der Waals surface area (Å²) in [5.74, 6) is 0.0777. The molecule has 40 heavy (non-hydrogen) atoms. The van der Waals surface area contributed by atoms with Gasteiger partial charge in [-0.3, -0.25) is 4.79 Å². The van der Waals surface area contributed by atoms with Crippen LogP contribution in [-0.2, 0) is 21.3 Å². The highest BCUT2D eigenvalue weighted by molar-refractivity contribution is 5.94. The van der Waals surface area contributed by atoms with Gasteiger partial charge in [0.25, 0.3) is 5.91 Å². The van der Waals surface area contributed by atoms with E-state index in [9.17, 15) is 22.8 Å². The van der Waals surface area contributed by atoms with Gasteiger partial charge in [-0.05, 0) is 94.7 Å². The van der Waals surface area contributed by atoms with E-state index in [1.54, 1.807) is 17.0 Å². The predicted molar refractivity (Wildman–Crippen MR) is 146 cm³/mol. The van der Waals surface area contributed by atoms with Crippen LogP contribution in [0.25, 0.3) is 0 Å². The largest absolute Gasteiger partial charge is 0.444 e. The fraction of sp³-hybridized carbons (Fsp3) is 0.548. The molecule has 0 radical (unpaired) electrons. The van der Waals surface area contributed by atoms with Gasteiger partial charge < -0.3 is 19.3 Å². The van der Waals surface area contributed by atoms with Crippen LogP contribution < -0.4 is 0 Å². The van der Waals surface area contributed by atoms with Gasteiger partial charge >= 0.3 is 12.3 Å². The summed E-state index contributed by atoms with van der Waals surface area (Å²) in [6.45, 7) is 10.2. The Morgan fingerprint density at radius 2 is 1.45 bits per heavy atom. The molecule has 2 heterocycles. The minimum Gasteiger partial charge on any atom is -0.444 e. The maximum absolute atomic E-state index is 13.2. The Morgan fingerprint density at radius 1 is 0.875 bits per heavy atom. The molecule has 2 aliphatic heterocycles. The Kier molecular flexibility index (Phi) is 8.83. The predicted octanol–water partition coefficient (Wildman–Crippen LogP) is 6.99. The zero-order valence-corrected chi connectivity index (χ0v) is 23.7. The smallest absolute Gasteiger partial charge is 0.416 e. The fourth-order valence-corrected chi connectivity index (χ4v) is 5.63. The molecule has 0 saturated carbocycles. The zero-order chi connectivity index (χ0) is 29.1. The monoisotopic (exact) mass is 560 g/mol. The highest BCUT2D eigenvalue weighted by Crippen LogP contribution is 2.38. The lowest BCUT2D eigenvalue weighted by Gasteiger charge is -2.42. The first-order valence-electron chi connectivity index (χ1n) is 14.0. The molecule has 2 saturated heterocycles. The average molecular weight is 561 g/mol. The zero-order valence-electron chi connectivity index (χ0n) is 23.7. The van der Waals surface area contributed by atoms with Crippen molar-refractivity contribution < 1.29 is 32.2 Å². The summed E-state index contributed by atoms with van der Waals surface area (Å²) in [5, 5.41) is 0. The number of halogens is 3. The number of alkyl halides is 3. The van der Waals surface area contributed by atoms with Gasteiger partial charge in [-0.25, -0.2) is 4.79 Å². The lowest BCUT2D eigenvalue weighted by Crippen LogP contribution is -2.48. The second kappa shape index (κ2) is 11.8. The van der Waals surface area contributed by atoms with E-state index in [2.05, 4.69) is 0 Å².